The summed E-state index contributed by atoms with van der Waals surface area (Å²) in [5.74, 6) is -0.145. The number of halogens is 1. The van der Waals surface area contributed by atoms with E-state index in [1.807, 2.05) is 0 Å². The van der Waals surface area contributed by atoms with Crippen LogP contribution in [0.4, 0.5) is 5.69 Å². The number of nitrogens with two attached hydrogens (primary N) is 1. The molecule has 0 aliphatic carbocycles. The first kappa shape index (κ1) is 14.1. The van der Waals surface area contributed by atoms with Gasteiger partial charge >= 0.3 is 0 Å². The second-order valence-electron chi connectivity index (χ2n) is 4.19. The Morgan fingerprint density at radius 3 is 2.74 bits per heavy atom. The SMILES string of the molecule is Nc1ccc(S(=O)(=O)N2CCNC(=O)CC2)cc1Cl. The molecule has 0 radical (unpaired) electrons. The second kappa shape index (κ2) is 5.36. The highest BCUT2D eigenvalue weighted by atomic mass is 35.5. The Bertz CT molecular complexity index is 603. The van der Waals surface area contributed by atoms with Crippen LogP contribution in [-0.2, 0) is 14.8 Å². The van der Waals surface area contributed by atoms with E-state index in [4.69, 9.17) is 17.3 Å². The molecule has 1 amide bonds. The Balaban J connectivity index is 2.30. The maximum Gasteiger partial charge on any atom is 0.243 e. The van der Waals surface area contributed by atoms with Gasteiger partial charge in [-0.25, -0.2) is 8.42 Å². The average Bonchev–Trinajstić information content (AvgIpc) is 2.57. The first-order chi connectivity index (χ1) is 8.91. The van der Waals surface area contributed by atoms with Crippen LogP contribution in [-0.4, -0.2) is 38.3 Å². The fraction of sp³-hybridized carbons (Fsp3) is 0.364. The number of nitrogens with zero attached hydrogens (tertiary/aromatic N) is 1. The first-order valence-corrected chi connectivity index (χ1v) is 7.55. The molecule has 1 fully saturated rings. The van der Waals surface area contributed by atoms with Crippen molar-refractivity contribution in [3.05, 3.63) is 23.2 Å². The van der Waals surface area contributed by atoms with Gasteiger partial charge in [0.2, 0.25) is 15.9 Å². The fourth-order valence-electron chi connectivity index (χ4n) is 1.80. The lowest BCUT2D eigenvalue weighted by Gasteiger charge is -2.19. The maximum atomic E-state index is 12.4. The minimum atomic E-state index is -3.65. The van der Waals surface area contributed by atoms with Crippen LogP contribution < -0.4 is 11.1 Å². The molecule has 0 spiro atoms. The summed E-state index contributed by atoms with van der Waals surface area (Å²) in [5.41, 5.74) is 5.89. The molecule has 1 saturated heterocycles. The van der Waals surface area contributed by atoms with Crippen molar-refractivity contribution in [2.24, 2.45) is 0 Å². The number of hydrogen-bond donors (Lipinski definition) is 2. The first-order valence-electron chi connectivity index (χ1n) is 5.73. The monoisotopic (exact) mass is 303 g/mol. The third-order valence-electron chi connectivity index (χ3n) is 2.88. The van der Waals surface area contributed by atoms with E-state index in [9.17, 15) is 13.2 Å². The summed E-state index contributed by atoms with van der Waals surface area (Å²) in [7, 11) is -3.65. The van der Waals surface area contributed by atoms with Gasteiger partial charge in [0.15, 0.2) is 0 Å². The molecule has 0 aromatic heterocycles. The molecular weight excluding hydrogens is 290 g/mol. The zero-order chi connectivity index (χ0) is 14.0. The zero-order valence-corrected chi connectivity index (χ0v) is 11.7. The molecule has 1 aromatic rings. The topological polar surface area (TPSA) is 92.5 Å². The molecule has 19 heavy (non-hydrogen) atoms. The van der Waals surface area contributed by atoms with E-state index in [1.165, 1.54) is 22.5 Å². The van der Waals surface area contributed by atoms with Gasteiger partial charge in [-0.15, -0.1) is 0 Å². The van der Waals surface area contributed by atoms with E-state index >= 15 is 0 Å². The average molecular weight is 304 g/mol. The van der Waals surface area contributed by atoms with Crippen molar-refractivity contribution in [3.63, 3.8) is 0 Å². The van der Waals surface area contributed by atoms with Gasteiger partial charge in [-0.2, -0.15) is 4.31 Å². The molecule has 0 bridgehead atoms. The van der Waals surface area contributed by atoms with E-state index in [-0.39, 0.29) is 35.3 Å². The van der Waals surface area contributed by atoms with E-state index in [2.05, 4.69) is 5.32 Å². The van der Waals surface area contributed by atoms with Crippen LogP contribution in [0.5, 0.6) is 0 Å². The quantitative estimate of drug-likeness (QED) is 0.775. The highest BCUT2D eigenvalue weighted by Crippen LogP contribution is 2.24. The van der Waals surface area contributed by atoms with Gasteiger partial charge in [0, 0.05) is 26.1 Å². The molecule has 2 rings (SSSR count). The van der Waals surface area contributed by atoms with E-state index < -0.39 is 10.0 Å². The van der Waals surface area contributed by atoms with Crippen LogP contribution in [0.15, 0.2) is 23.1 Å². The number of anilines is 1. The summed E-state index contributed by atoms with van der Waals surface area (Å²) in [6, 6.07) is 4.19. The molecule has 6 nitrogen and oxygen atoms in total. The van der Waals surface area contributed by atoms with Crippen molar-refractivity contribution in [2.75, 3.05) is 25.4 Å². The van der Waals surface area contributed by atoms with E-state index in [0.29, 0.717) is 12.2 Å². The minimum absolute atomic E-state index is 0.0843. The Morgan fingerprint density at radius 1 is 1.32 bits per heavy atom. The lowest BCUT2D eigenvalue weighted by molar-refractivity contribution is -0.120. The van der Waals surface area contributed by atoms with Gasteiger partial charge in [0.1, 0.15) is 0 Å². The van der Waals surface area contributed by atoms with Crippen LogP contribution in [0.25, 0.3) is 0 Å². The molecular formula is C11H14ClN3O3S. The number of rotatable bonds is 2. The van der Waals surface area contributed by atoms with Crippen molar-refractivity contribution >= 4 is 33.2 Å². The highest BCUT2D eigenvalue weighted by molar-refractivity contribution is 7.89. The standard InChI is InChI=1S/C11H14ClN3O3S/c12-9-7-8(1-2-10(9)13)19(17,18)15-5-3-11(16)14-4-6-15/h1-2,7H,3-6,13H2,(H,14,16). The molecule has 3 N–H and O–H groups in total. The summed E-state index contributed by atoms with van der Waals surface area (Å²) in [6.07, 6.45) is 0.155. The van der Waals surface area contributed by atoms with Crippen molar-refractivity contribution < 1.29 is 13.2 Å². The number of benzene rings is 1. The molecule has 104 valence electrons. The summed E-state index contributed by atoms with van der Waals surface area (Å²) in [6.45, 7) is 0.715. The van der Waals surface area contributed by atoms with Crippen LogP contribution >= 0.6 is 11.6 Å². The number of carbonyl (C=O) groups excluding carboxylic acids is 1. The third-order valence-corrected chi connectivity index (χ3v) is 5.10. The lowest BCUT2D eigenvalue weighted by Crippen LogP contribution is -2.34. The fourth-order valence-corrected chi connectivity index (χ4v) is 3.52. The Morgan fingerprint density at radius 2 is 2.05 bits per heavy atom. The smallest absolute Gasteiger partial charge is 0.243 e. The van der Waals surface area contributed by atoms with Crippen LogP contribution in [0.3, 0.4) is 0 Å². The Hall–Kier alpha value is -1.31. The molecule has 8 heteroatoms. The molecule has 1 aliphatic rings. The molecule has 0 unspecified atom stereocenters. The molecule has 1 heterocycles. The van der Waals surface area contributed by atoms with Crippen molar-refractivity contribution in [2.45, 2.75) is 11.3 Å². The number of hydrogen-bond acceptors (Lipinski definition) is 4. The maximum absolute atomic E-state index is 12.4. The zero-order valence-electron chi connectivity index (χ0n) is 10.1. The number of carbonyl (C=O) groups is 1. The second-order valence-corrected chi connectivity index (χ2v) is 6.53. The van der Waals surface area contributed by atoms with Gasteiger partial charge < -0.3 is 11.1 Å². The van der Waals surface area contributed by atoms with Gasteiger partial charge in [0.05, 0.1) is 15.6 Å². The van der Waals surface area contributed by atoms with Crippen molar-refractivity contribution in [1.29, 1.82) is 0 Å². The van der Waals surface area contributed by atoms with Gasteiger partial charge in [-0.3, -0.25) is 4.79 Å². The molecule has 0 saturated carbocycles. The lowest BCUT2D eigenvalue weighted by atomic mass is 10.3. The molecule has 1 aromatic carbocycles. The van der Waals surface area contributed by atoms with Gasteiger partial charge in [0.25, 0.3) is 0 Å². The molecule has 1 aliphatic heterocycles. The third kappa shape index (κ3) is 2.99. The number of nitrogen functional groups attached to an aromatic ring is 1. The Labute approximate surface area is 116 Å². The number of sulfonamides is 1. The largest absolute Gasteiger partial charge is 0.398 e. The summed E-state index contributed by atoms with van der Waals surface area (Å²) >= 11 is 5.84. The summed E-state index contributed by atoms with van der Waals surface area (Å²) in [5, 5.41) is 2.83. The summed E-state index contributed by atoms with van der Waals surface area (Å²) < 4.78 is 26.1. The number of amides is 1. The van der Waals surface area contributed by atoms with Gasteiger partial charge in [-0.05, 0) is 18.2 Å². The van der Waals surface area contributed by atoms with E-state index in [1.54, 1.807) is 0 Å². The predicted octanol–water partition coefficient (Wildman–Crippen LogP) is 0.433. The predicted molar refractivity (Wildman–Crippen MR) is 72.2 cm³/mol. The minimum Gasteiger partial charge on any atom is -0.398 e. The van der Waals surface area contributed by atoms with Gasteiger partial charge in [-0.1, -0.05) is 11.6 Å². The van der Waals surface area contributed by atoms with Crippen LogP contribution in [0, 0.1) is 0 Å². The normalized spacial score (nSPS) is 17.8. The summed E-state index contributed by atoms with van der Waals surface area (Å²) in [4.78, 5) is 11.3. The highest BCUT2D eigenvalue weighted by Gasteiger charge is 2.27. The van der Waals surface area contributed by atoms with Crippen LogP contribution in [0.1, 0.15) is 6.42 Å². The van der Waals surface area contributed by atoms with E-state index in [0.717, 1.165) is 0 Å². The number of nitrogens with one attached hydrogen (secondary N) is 1. The van der Waals surface area contributed by atoms with Crippen molar-refractivity contribution in [3.8, 4) is 0 Å². The Kier molecular flexibility index (Phi) is 3.98. The molecule has 0 atom stereocenters. The van der Waals surface area contributed by atoms with Crippen LogP contribution in [0.2, 0.25) is 5.02 Å². The van der Waals surface area contributed by atoms with Crippen molar-refractivity contribution in [1.82, 2.24) is 9.62 Å².